The van der Waals surface area contributed by atoms with E-state index in [0.29, 0.717) is 11.6 Å². The summed E-state index contributed by atoms with van der Waals surface area (Å²) >= 11 is 0. The predicted molar refractivity (Wildman–Crippen MR) is 105 cm³/mol. The number of aromatic nitrogens is 2. The summed E-state index contributed by atoms with van der Waals surface area (Å²) in [5.74, 6) is 0.620. The number of aliphatic imine (C=N–C) groups is 1. The number of rotatable bonds is 3. The highest BCUT2D eigenvalue weighted by Crippen LogP contribution is 2.15. The Morgan fingerprint density at radius 2 is 1.85 bits per heavy atom. The normalized spacial score (nSPS) is 15.4. The molecule has 0 radical (unpaired) electrons. The predicted octanol–water partition coefficient (Wildman–Crippen LogP) is 3.45. The van der Waals surface area contributed by atoms with E-state index in [2.05, 4.69) is 26.9 Å². The molecule has 1 aromatic heterocycles. The largest absolute Gasteiger partial charge is 0.385 e. The number of nitrogens with one attached hydrogen (secondary N) is 1. The third-order valence-corrected chi connectivity index (χ3v) is 3.86. The summed E-state index contributed by atoms with van der Waals surface area (Å²) in [4.78, 5) is 23.4. The van der Waals surface area contributed by atoms with Gasteiger partial charge < -0.3 is 5.32 Å². The van der Waals surface area contributed by atoms with Crippen LogP contribution >= 0.6 is 0 Å². The molecule has 1 aliphatic rings. The van der Waals surface area contributed by atoms with Crippen LogP contribution in [-0.2, 0) is 0 Å². The van der Waals surface area contributed by atoms with Gasteiger partial charge >= 0.3 is 6.29 Å². The van der Waals surface area contributed by atoms with Crippen LogP contribution in [0.1, 0.15) is 0 Å². The van der Waals surface area contributed by atoms with Gasteiger partial charge in [-0.15, -0.1) is 0 Å². The topological polar surface area (TPSA) is 96.5 Å². The molecule has 0 amide bonds. The monoisotopic (exact) mass is 362 g/mol. The highest BCUT2D eigenvalue weighted by atomic mass is 16.6. The first-order valence-corrected chi connectivity index (χ1v) is 8.17. The van der Waals surface area contributed by atoms with E-state index >= 15 is 0 Å². The van der Waals surface area contributed by atoms with E-state index in [-0.39, 0.29) is 0 Å². The Balaban J connectivity index is 0.000000180. The first kappa shape index (κ1) is 18.0. The molecule has 0 aliphatic carbocycles. The molecule has 2 aromatic carbocycles. The Hall–Kier alpha value is -3.81. The van der Waals surface area contributed by atoms with Gasteiger partial charge in [-0.2, -0.15) is 4.99 Å². The van der Waals surface area contributed by atoms with Gasteiger partial charge in [0.15, 0.2) is 0 Å². The second-order valence-corrected chi connectivity index (χ2v) is 5.76. The fraction of sp³-hybridized carbons (Fsp3) is 0.105. The maximum atomic E-state index is 10.2. The van der Waals surface area contributed by atoms with Gasteiger partial charge in [0, 0.05) is 24.3 Å². The molecule has 8 nitrogen and oxygen atoms in total. The Labute approximate surface area is 156 Å². The van der Waals surface area contributed by atoms with Gasteiger partial charge in [-0.3, -0.25) is 15.0 Å². The Morgan fingerprint density at radius 1 is 1.15 bits per heavy atom. The molecular weight excluding hydrogens is 344 g/mol. The number of benzene rings is 2. The van der Waals surface area contributed by atoms with E-state index in [9.17, 15) is 10.1 Å². The Kier molecular flexibility index (Phi) is 5.36. The van der Waals surface area contributed by atoms with Gasteiger partial charge in [-0.25, -0.2) is 9.97 Å². The van der Waals surface area contributed by atoms with Crippen LogP contribution in [0.3, 0.4) is 0 Å². The van der Waals surface area contributed by atoms with E-state index in [0.717, 1.165) is 16.6 Å². The zero-order chi connectivity index (χ0) is 19.2. The smallest absolute Gasteiger partial charge is 0.324 e. The number of allylic oxidation sites excluding steroid dienone is 1. The highest BCUT2D eigenvalue weighted by molar-refractivity contribution is 5.79. The lowest BCUT2D eigenvalue weighted by Crippen LogP contribution is -2.31. The van der Waals surface area contributed by atoms with Crippen molar-refractivity contribution in [2.24, 2.45) is 4.99 Å². The van der Waals surface area contributed by atoms with Crippen molar-refractivity contribution in [2.45, 2.75) is 6.29 Å². The van der Waals surface area contributed by atoms with Gasteiger partial charge in [-0.05, 0) is 18.2 Å². The van der Waals surface area contributed by atoms with Gasteiger partial charge in [0.1, 0.15) is 0 Å². The van der Waals surface area contributed by atoms with Gasteiger partial charge in [0.2, 0.25) is 5.95 Å². The van der Waals surface area contributed by atoms with Crippen LogP contribution in [0.15, 0.2) is 78.1 Å². The molecule has 1 atom stereocenters. The van der Waals surface area contributed by atoms with Crippen molar-refractivity contribution in [1.29, 1.82) is 0 Å². The molecule has 0 bridgehead atoms. The van der Waals surface area contributed by atoms with E-state index in [1.54, 1.807) is 7.05 Å². The summed E-state index contributed by atoms with van der Waals surface area (Å²) in [6, 6.07) is 17.8. The summed E-state index contributed by atoms with van der Waals surface area (Å²) in [7, 11) is 1.59. The minimum absolute atomic E-state index is 0.464. The van der Waals surface area contributed by atoms with Crippen LogP contribution in [0.2, 0.25) is 0 Å². The zero-order valence-corrected chi connectivity index (χ0v) is 14.7. The maximum absolute atomic E-state index is 10.2. The molecule has 0 saturated heterocycles. The van der Waals surface area contributed by atoms with E-state index in [1.165, 1.54) is 11.1 Å². The van der Waals surface area contributed by atoms with E-state index in [1.807, 2.05) is 60.8 Å². The molecule has 2 heterocycles. The SMILES string of the molecule is C=C1C=NC([N+](=O)[O-])N1C.c1ccc(Nc2ncc3ccccc3n2)cc1. The third kappa shape index (κ3) is 4.43. The number of anilines is 2. The van der Waals surface area contributed by atoms with Crippen molar-refractivity contribution >= 4 is 28.8 Å². The minimum atomic E-state index is -0.965. The zero-order valence-electron chi connectivity index (χ0n) is 14.7. The lowest BCUT2D eigenvalue weighted by atomic mass is 10.2. The lowest BCUT2D eigenvalue weighted by molar-refractivity contribution is -0.542. The second kappa shape index (κ2) is 8.05. The van der Waals surface area contributed by atoms with Crippen molar-refractivity contribution in [1.82, 2.24) is 14.9 Å². The number of fused-ring (bicyclic) bond motifs is 1. The Bertz CT molecular complexity index is 990. The molecule has 8 heteroatoms. The maximum Gasteiger partial charge on any atom is 0.385 e. The number of hydrogen-bond donors (Lipinski definition) is 1. The molecule has 4 rings (SSSR count). The van der Waals surface area contributed by atoms with Crippen molar-refractivity contribution in [3.05, 3.63) is 83.2 Å². The van der Waals surface area contributed by atoms with Crippen LogP contribution < -0.4 is 5.32 Å². The first-order chi connectivity index (χ1) is 13.0. The standard InChI is InChI=1S/C14H11N3.C5H7N3O2/c1-2-7-12(8-3-1)16-14-15-10-11-6-4-5-9-13(11)17-14;1-4-3-6-5(7(4)2)8(9)10/h1-10H,(H,15,16,17);3,5H,1H2,2H3. The molecule has 136 valence electrons. The molecule has 0 spiro atoms. The number of hydrogen-bond acceptors (Lipinski definition) is 7. The Morgan fingerprint density at radius 3 is 2.48 bits per heavy atom. The number of nitrogens with zero attached hydrogens (tertiary/aromatic N) is 5. The van der Waals surface area contributed by atoms with Crippen molar-refractivity contribution in [2.75, 3.05) is 12.4 Å². The summed E-state index contributed by atoms with van der Waals surface area (Å²) < 4.78 is 0. The van der Waals surface area contributed by atoms with Gasteiger partial charge in [0.05, 0.1) is 22.4 Å². The van der Waals surface area contributed by atoms with Crippen LogP contribution in [0.5, 0.6) is 0 Å². The van der Waals surface area contributed by atoms with E-state index < -0.39 is 11.2 Å². The molecule has 0 fully saturated rings. The van der Waals surface area contributed by atoms with Crippen LogP contribution in [0.4, 0.5) is 11.6 Å². The molecule has 1 N–H and O–H groups in total. The average Bonchev–Trinajstić information content (AvgIpc) is 3.02. The molecular formula is C19H18N6O2. The van der Waals surface area contributed by atoms with Crippen molar-refractivity contribution in [3.63, 3.8) is 0 Å². The molecule has 0 saturated carbocycles. The van der Waals surface area contributed by atoms with Crippen molar-refractivity contribution in [3.8, 4) is 0 Å². The molecule has 1 unspecified atom stereocenters. The van der Waals surface area contributed by atoms with Gasteiger partial charge in [0.25, 0.3) is 0 Å². The van der Waals surface area contributed by atoms with Crippen molar-refractivity contribution < 1.29 is 4.92 Å². The highest BCUT2D eigenvalue weighted by Gasteiger charge is 2.28. The first-order valence-electron chi connectivity index (χ1n) is 8.17. The summed E-state index contributed by atoms with van der Waals surface area (Å²) in [5, 5.41) is 14.4. The van der Waals surface area contributed by atoms with Crippen LogP contribution in [-0.4, -0.2) is 39.3 Å². The minimum Gasteiger partial charge on any atom is -0.324 e. The van der Waals surface area contributed by atoms with Crippen LogP contribution in [0.25, 0.3) is 10.9 Å². The van der Waals surface area contributed by atoms with Gasteiger partial charge in [-0.1, -0.05) is 43.0 Å². The molecule has 3 aromatic rings. The van der Waals surface area contributed by atoms with E-state index in [4.69, 9.17) is 0 Å². The fourth-order valence-corrected chi connectivity index (χ4v) is 2.37. The number of para-hydroxylation sites is 2. The summed E-state index contributed by atoms with van der Waals surface area (Å²) in [6.07, 6.45) is 2.26. The molecule has 27 heavy (non-hydrogen) atoms. The number of nitro groups is 1. The second-order valence-electron chi connectivity index (χ2n) is 5.76. The lowest BCUT2D eigenvalue weighted by Gasteiger charge is -2.12. The average molecular weight is 362 g/mol. The molecule has 1 aliphatic heterocycles. The third-order valence-electron chi connectivity index (χ3n) is 3.86. The summed E-state index contributed by atoms with van der Waals surface area (Å²) in [5.41, 5.74) is 2.51. The van der Waals surface area contributed by atoms with Crippen LogP contribution in [0, 0.1) is 10.1 Å². The quantitative estimate of drug-likeness (QED) is 0.566. The fourth-order valence-electron chi connectivity index (χ4n) is 2.37. The summed E-state index contributed by atoms with van der Waals surface area (Å²) in [6.45, 7) is 3.54.